The van der Waals surface area contributed by atoms with E-state index in [1.165, 1.54) is 6.08 Å². The molecule has 0 saturated carbocycles. The van der Waals surface area contributed by atoms with Crippen LogP contribution in [0.15, 0.2) is 12.2 Å². The number of esters is 1. The van der Waals surface area contributed by atoms with E-state index >= 15 is 0 Å². The molecule has 0 atom stereocenters. The fourth-order valence-electron chi connectivity index (χ4n) is 1.57. The first-order valence-corrected chi connectivity index (χ1v) is 9.67. The first-order valence-electron chi connectivity index (χ1n) is 7.15. The van der Waals surface area contributed by atoms with Crippen LogP contribution in [0.1, 0.15) is 40.0 Å². The molecule has 0 aliphatic heterocycles. The molecule has 0 N–H and O–H groups in total. The molecule has 0 bridgehead atoms. The van der Waals surface area contributed by atoms with E-state index in [1.54, 1.807) is 13.0 Å². The van der Waals surface area contributed by atoms with Crippen LogP contribution in [-0.4, -0.2) is 34.4 Å². The topological polar surface area (TPSA) is 44.8 Å². The van der Waals surface area contributed by atoms with E-state index in [-0.39, 0.29) is 5.97 Å². The average molecular weight is 288 g/mol. The second-order valence-electron chi connectivity index (χ2n) is 4.60. The Morgan fingerprint density at radius 2 is 1.68 bits per heavy atom. The zero-order valence-corrected chi connectivity index (χ0v) is 13.7. The maximum absolute atomic E-state index is 11.2. The Bertz CT molecular complexity index is 258. The maximum atomic E-state index is 11.2. The SMILES string of the molecule is CC=CC(=O)OCCC[Si](C)(OCCC)OCCC. The lowest BCUT2D eigenvalue weighted by atomic mass is 10.5. The minimum atomic E-state index is -2.09. The highest BCUT2D eigenvalue weighted by atomic mass is 28.4. The Hall–Kier alpha value is -0.653. The van der Waals surface area contributed by atoms with E-state index in [2.05, 4.69) is 20.4 Å². The van der Waals surface area contributed by atoms with Crippen LogP contribution >= 0.6 is 0 Å². The second kappa shape index (κ2) is 11.2. The van der Waals surface area contributed by atoms with Gasteiger partial charge in [0, 0.05) is 19.3 Å². The molecule has 0 unspecified atom stereocenters. The molecular weight excluding hydrogens is 260 g/mol. The Balaban J connectivity index is 4.00. The van der Waals surface area contributed by atoms with Crippen molar-refractivity contribution in [2.24, 2.45) is 0 Å². The normalized spacial score (nSPS) is 12.0. The standard InChI is InChI=1S/C14H28O4Si/c1-5-9-14(15)16-12-8-13-19(4,17-10-6-2)18-11-7-3/h5,9H,6-8,10-13H2,1-4H3. The van der Waals surface area contributed by atoms with Crippen molar-refractivity contribution in [2.45, 2.75) is 52.6 Å². The summed E-state index contributed by atoms with van der Waals surface area (Å²) in [6, 6.07) is 0.857. The summed E-state index contributed by atoms with van der Waals surface area (Å²) in [5, 5.41) is 0. The quantitative estimate of drug-likeness (QED) is 0.253. The molecule has 0 aromatic rings. The number of carbonyl (C=O) groups is 1. The van der Waals surface area contributed by atoms with Crippen LogP contribution in [0.3, 0.4) is 0 Å². The van der Waals surface area contributed by atoms with Crippen molar-refractivity contribution in [3.05, 3.63) is 12.2 Å². The molecule has 0 aliphatic carbocycles. The molecule has 0 amide bonds. The molecule has 4 nitrogen and oxygen atoms in total. The summed E-state index contributed by atoms with van der Waals surface area (Å²) in [6.07, 6.45) is 5.88. The predicted octanol–water partition coefficient (Wildman–Crippen LogP) is 3.42. The molecule has 0 heterocycles. The molecule has 0 rings (SSSR count). The van der Waals surface area contributed by atoms with Crippen LogP contribution in [0.2, 0.25) is 12.6 Å². The van der Waals surface area contributed by atoms with Crippen molar-refractivity contribution in [1.82, 2.24) is 0 Å². The molecule has 0 aromatic heterocycles. The van der Waals surface area contributed by atoms with Crippen LogP contribution in [0.25, 0.3) is 0 Å². The van der Waals surface area contributed by atoms with Gasteiger partial charge in [0.05, 0.1) is 6.61 Å². The Labute approximate surface area is 118 Å². The molecule has 5 heteroatoms. The van der Waals surface area contributed by atoms with Gasteiger partial charge in [0.25, 0.3) is 0 Å². The number of hydrogen-bond donors (Lipinski definition) is 0. The van der Waals surface area contributed by atoms with Gasteiger partial charge in [-0.05, 0) is 38.8 Å². The lowest BCUT2D eigenvalue weighted by molar-refractivity contribution is -0.137. The van der Waals surface area contributed by atoms with Gasteiger partial charge in [-0.3, -0.25) is 0 Å². The lowest BCUT2D eigenvalue weighted by Crippen LogP contribution is -2.39. The van der Waals surface area contributed by atoms with E-state index in [1.807, 2.05) is 0 Å². The van der Waals surface area contributed by atoms with Crippen molar-refractivity contribution in [2.75, 3.05) is 19.8 Å². The van der Waals surface area contributed by atoms with E-state index < -0.39 is 8.56 Å². The maximum Gasteiger partial charge on any atom is 0.335 e. The van der Waals surface area contributed by atoms with Crippen molar-refractivity contribution in [3.8, 4) is 0 Å². The Kier molecular flexibility index (Phi) is 10.8. The fourth-order valence-corrected chi connectivity index (χ4v) is 4.00. The summed E-state index contributed by atoms with van der Waals surface area (Å²) in [6.45, 7) is 9.97. The largest absolute Gasteiger partial charge is 0.463 e. The first kappa shape index (κ1) is 18.3. The summed E-state index contributed by atoms with van der Waals surface area (Å²) in [5.41, 5.74) is 0. The summed E-state index contributed by atoms with van der Waals surface area (Å²) in [7, 11) is -2.09. The molecule has 19 heavy (non-hydrogen) atoms. The molecule has 0 saturated heterocycles. The Morgan fingerprint density at radius 3 is 2.16 bits per heavy atom. The predicted molar refractivity (Wildman–Crippen MR) is 79.3 cm³/mol. The number of allylic oxidation sites excluding steroid dienone is 1. The van der Waals surface area contributed by atoms with Crippen molar-refractivity contribution < 1.29 is 18.4 Å². The number of carbonyl (C=O) groups excluding carboxylic acids is 1. The minimum Gasteiger partial charge on any atom is -0.463 e. The van der Waals surface area contributed by atoms with E-state index in [0.717, 1.165) is 38.5 Å². The Morgan fingerprint density at radius 1 is 1.11 bits per heavy atom. The molecule has 0 radical (unpaired) electrons. The van der Waals surface area contributed by atoms with Gasteiger partial charge in [0.1, 0.15) is 0 Å². The van der Waals surface area contributed by atoms with Gasteiger partial charge in [-0.1, -0.05) is 19.9 Å². The summed E-state index contributed by atoms with van der Waals surface area (Å²) >= 11 is 0. The van der Waals surface area contributed by atoms with Gasteiger partial charge >= 0.3 is 14.5 Å². The highest BCUT2D eigenvalue weighted by Gasteiger charge is 2.30. The summed E-state index contributed by atoms with van der Waals surface area (Å²) < 4.78 is 16.9. The van der Waals surface area contributed by atoms with E-state index in [9.17, 15) is 4.79 Å². The van der Waals surface area contributed by atoms with Crippen LogP contribution in [0.4, 0.5) is 0 Å². The smallest absolute Gasteiger partial charge is 0.335 e. The summed E-state index contributed by atoms with van der Waals surface area (Å²) in [5.74, 6) is -0.283. The molecule has 0 spiro atoms. The number of hydrogen-bond acceptors (Lipinski definition) is 4. The third-order valence-corrected chi connectivity index (χ3v) is 5.44. The van der Waals surface area contributed by atoms with Gasteiger partial charge in [-0.2, -0.15) is 0 Å². The molecule has 0 aromatic carbocycles. The van der Waals surface area contributed by atoms with Gasteiger partial charge in [0.2, 0.25) is 0 Å². The van der Waals surface area contributed by atoms with Crippen LogP contribution in [0, 0.1) is 0 Å². The van der Waals surface area contributed by atoms with Crippen LogP contribution < -0.4 is 0 Å². The third kappa shape index (κ3) is 9.87. The second-order valence-corrected chi connectivity index (χ2v) is 7.95. The van der Waals surface area contributed by atoms with Crippen LogP contribution in [-0.2, 0) is 18.4 Å². The van der Waals surface area contributed by atoms with Crippen molar-refractivity contribution >= 4 is 14.5 Å². The van der Waals surface area contributed by atoms with Gasteiger partial charge in [0.15, 0.2) is 0 Å². The number of ether oxygens (including phenoxy) is 1. The van der Waals surface area contributed by atoms with Gasteiger partial charge in [-0.15, -0.1) is 0 Å². The van der Waals surface area contributed by atoms with E-state index in [0.29, 0.717) is 6.61 Å². The lowest BCUT2D eigenvalue weighted by Gasteiger charge is -2.26. The summed E-state index contributed by atoms with van der Waals surface area (Å²) in [4.78, 5) is 11.2. The zero-order valence-electron chi connectivity index (χ0n) is 12.7. The first-order chi connectivity index (χ1) is 9.08. The van der Waals surface area contributed by atoms with Gasteiger partial charge < -0.3 is 13.6 Å². The monoisotopic (exact) mass is 288 g/mol. The van der Waals surface area contributed by atoms with Crippen molar-refractivity contribution in [1.29, 1.82) is 0 Å². The fraction of sp³-hybridized carbons (Fsp3) is 0.786. The molecule has 0 fully saturated rings. The average Bonchev–Trinajstić information content (AvgIpc) is 2.40. The molecule has 0 aliphatic rings. The van der Waals surface area contributed by atoms with Crippen LogP contribution in [0.5, 0.6) is 0 Å². The van der Waals surface area contributed by atoms with Crippen molar-refractivity contribution in [3.63, 3.8) is 0 Å². The van der Waals surface area contributed by atoms with E-state index in [4.69, 9.17) is 13.6 Å². The molecular formula is C14H28O4Si. The highest BCUT2D eigenvalue weighted by Crippen LogP contribution is 2.17. The highest BCUT2D eigenvalue weighted by molar-refractivity contribution is 6.66. The zero-order chi connectivity index (χ0) is 14.6. The minimum absolute atomic E-state index is 0.283. The van der Waals surface area contributed by atoms with Gasteiger partial charge in [-0.25, -0.2) is 4.79 Å². The molecule has 112 valence electrons. The number of rotatable bonds is 11. The third-order valence-electron chi connectivity index (χ3n) is 2.55.